The van der Waals surface area contributed by atoms with Gasteiger partial charge in [-0.1, -0.05) is 48.5 Å². The molecule has 0 bridgehead atoms. The van der Waals surface area contributed by atoms with Gasteiger partial charge in [0.05, 0.1) is 17.8 Å². The molecule has 1 saturated heterocycles. The fourth-order valence-electron chi connectivity index (χ4n) is 5.72. The molecule has 0 aliphatic carbocycles. The Labute approximate surface area is 254 Å². The van der Waals surface area contributed by atoms with Crippen molar-refractivity contribution in [1.82, 2.24) is 25.7 Å². The molecular formula is C34H33N5O5. The van der Waals surface area contributed by atoms with Crippen LogP contribution in [0.2, 0.25) is 0 Å². The van der Waals surface area contributed by atoms with Gasteiger partial charge in [0.2, 0.25) is 11.8 Å². The van der Waals surface area contributed by atoms with E-state index >= 15 is 0 Å². The molecule has 0 radical (unpaired) electrons. The van der Waals surface area contributed by atoms with Crippen molar-refractivity contribution in [2.45, 2.75) is 38.3 Å². The van der Waals surface area contributed by atoms with Gasteiger partial charge in [-0.25, -0.2) is 0 Å². The van der Waals surface area contributed by atoms with Crippen LogP contribution in [-0.4, -0.2) is 64.5 Å². The third kappa shape index (κ3) is 6.30. The van der Waals surface area contributed by atoms with Crippen LogP contribution < -0.4 is 10.6 Å². The summed E-state index contributed by atoms with van der Waals surface area (Å²) in [4.78, 5) is 51.0. The Balaban J connectivity index is 0.916. The average Bonchev–Trinajstić information content (AvgIpc) is 3.61. The van der Waals surface area contributed by atoms with Crippen LogP contribution in [0.4, 0.5) is 0 Å². The molecule has 2 aliphatic heterocycles. The maximum absolute atomic E-state index is 13.0. The van der Waals surface area contributed by atoms with Crippen LogP contribution in [-0.2, 0) is 27.3 Å². The van der Waals surface area contributed by atoms with E-state index in [-0.39, 0.29) is 24.1 Å². The second-order valence-corrected chi connectivity index (χ2v) is 10.9. The van der Waals surface area contributed by atoms with Crippen LogP contribution in [0.15, 0.2) is 66.7 Å². The number of amides is 4. The van der Waals surface area contributed by atoms with Gasteiger partial charge in [0, 0.05) is 42.6 Å². The SMILES string of the molecule is O=C1CCC(N2Cc3c(CCCOCCNC(=O)c4ccc(/C=C/c5n[nH]c6ccccc56)cc4)cccc3C2=O)C(=O)N1. The molecule has 1 unspecified atom stereocenters. The Hall–Kier alpha value is -5.09. The van der Waals surface area contributed by atoms with Crippen LogP contribution in [0.5, 0.6) is 0 Å². The Kier molecular flexibility index (Phi) is 8.60. The van der Waals surface area contributed by atoms with Crippen LogP contribution in [0.3, 0.4) is 0 Å². The largest absolute Gasteiger partial charge is 0.380 e. The molecule has 224 valence electrons. The summed E-state index contributed by atoms with van der Waals surface area (Å²) in [6.45, 7) is 1.65. The van der Waals surface area contributed by atoms with Crippen molar-refractivity contribution in [3.8, 4) is 0 Å². The highest BCUT2D eigenvalue weighted by Crippen LogP contribution is 2.30. The predicted molar refractivity (Wildman–Crippen MR) is 165 cm³/mol. The standard InChI is InChI=1S/C34H33N5O5/c40-31-17-16-30(33(42)36-31)39-21-27-23(5-3-8-25(27)34(39)43)6-4-19-44-20-18-35-32(41)24-13-10-22(11-14-24)12-15-29-26-7-1-2-9-28(26)37-38-29/h1-3,5,7-15,30H,4,6,16-21H2,(H,35,41)(H,37,38)(H,36,40,42)/b15-12+. The Morgan fingerprint density at radius 2 is 1.84 bits per heavy atom. The maximum atomic E-state index is 13.0. The predicted octanol–water partition coefficient (Wildman–Crippen LogP) is 3.87. The molecule has 6 rings (SSSR count). The second kappa shape index (κ2) is 13.0. The van der Waals surface area contributed by atoms with Gasteiger partial charge in [-0.05, 0) is 66.3 Å². The Morgan fingerprint density at radius 1 is 1.00 bits per heavy atom. The summed E-state index contributed by atoms with van der Waals surface area (Å²) in [6.07, 6.45) is 5.97. The molecule has 4 amide bonds. The van der Waals surface area contributed by atoms with Crippen molar-refractivity contribution in [1.29, 1.82) is 0 Å². The van der Waals surface area contributed by atoms with E-state index < -0.39 is 11.9 Å². The molecule has 44 heavy (non-hydrogen) atoms. The lowest BCUT2D eigenvalue weighted by Gasteiger charge is -2.29. The maximum Gasteiger partial charge on any atom is 0.255 e. The molecule has 10 nitrogen and oxygen atoms in total. The second-order valence-electron chi connectivity index (χ2n) is 10.9. The van der Waals surface area contributed by atoms with Crippen molar-refractivity contribution in [3.63, 3.8) is 0 Å². The number of aromatic amines is 1. The first kappa shape index (κ1) is 29.0. The minimum atomic E-state index is -0.623. The molecule has 1 aromatic heterocycles. The molecule has 2 aliphatic rings. The van der Waals surface area contributed by atoms with E-state index in [4.69, 9.17) is 4.74 Å². The summed E-state index contributed by atoms with van der Waals surface area (Å²) in [5.41, 5.74) is 6.00. The number of benzene rings is 3. The van der Waals surface area contributed by atoms with E-state index in [9.17, 15) is 19.2 Å². The Morgan fingerprint density at radius 3 is 2.68 bits per heavy atom. The fourth-order valence-corrected chi connectivity index (χ4v) is 5.72. The third-order valence-corrected chi connectivity index (χ3v) is 8.05. The number of rotatable bonds is 11. The monoisotopic (exact) mass is 591 g/mol. The van der Waals surface area contributed by atoms with E-state index in [0.29, 0.717) is 43.9 Å². The molecular weight excluding hydrogens is 558 g/mol. The zero-order chi connectivity index (χ0) is 30.5. The number of aromatic nitrogens is 2. The highest BCUT2D eigenvalue weighted by atomic mass is 16.5. The van der Waals surface area contributed by atoms with Crippen molar-refractivity contribution in [2.24, 2.45) is 0 Å². The van der Waals surface area contributed by atoms with Gasteiger partial charge in [0.15, 0.2) is 0 Å². The lowest BCUT2D eigenvalue weighted by molar-refractivity contribution is -0.136. The number of aryl methyl sites for hydroxylation is 1. The summed E-state index contributed by atoms with van der Waals surface area (Å²) in [5.74, 6) is -1.03. The zero-order valence-electron chi connectivity index (χ0n) is 24.2. The van der Waals surface area contributed by atoms with Crippen molar-refractivity contribution in [2.75, 3.05) is 19.8 Å². The number of carbonyl (C=O) groups excluding carboxylic acids is 4. The number of carbonyl (C=O) groups is 4. The van der Waals surface area contributed by atoms with Gasteiger partial charge >= 0.3 is 0 Å². The van der Waals surface area contributed by atoms with Gasteiger partial charge < -0.3 is 15.0 Å². The van der Waals surface area contributed by atoms with E-state index in [1.54, 1.807) is 23.1 Å². The molecule has 3 heterocycles. The third-order valence-electron chi connectivity index (χ3n) is 8.05. The molecule has 1 atom stereocenters. The van der Waals surface area contributed by atoms with Gasteiger partial charge in [0.25, 0.3) is 11.8 Å². The molecule has 1 fully saturated rings. The van der Waals surface area contributed by atoms with E-state index in [0.717, 1.165) is 46.1 Å². The quantitative estimate of drug-likeness (QED) is 0.179. The number of ether oxygens (including phenoxy) is 1. The first-order valence-electron chi connectivity index (χ1n) is 14.8. The van der Waals surface area contributed by atoms with Gasteiger partial charge in [-0.2, -0.15) is 5.10 Å². The molecule has 3 N–H and O–H groups in total. The van der Waals surface area contributed by atoms with Crippen molar-refractivity contribution >= 4 is 46.7 Å². The number of nitrogens with zero attached hydrogens (tertiary/aromatic N) is 2. The van der Waals surface area contributed by atoms with Crippen LogP contribution in [0.1, 0.15) is 62.4 Å². The lowest BCUT2D eigenvalue weighted by atomic mass is 10.00. The average molecular weight is 592 g/mol. The van der Waals surface area contributed by atoms with Crippen LogP contribution >= 0.6 is 0 Å². The first-order chi connectivity index (χ1) is 21.5. The molecule has 0 saturated carbocycles. The number of para-hydroxylation sites is 1. The highest BCUT2D eigenvalue weighted by Gasteiger charge is 2.39. The fraction of sp³-hybridized carbons (Fsp3) is 0.265. The molecule has 4 aromatic rings. The summed E-state index contributed by atoms with van der Waals surface area (Å²) < 4.78 is 5.75. The number of imide groups is 1. The van der Waals surface area contributed by atoms with Crippen molar-refractivity contribution < 1.29 is 23.9 Å². The van der Waals surface area contributed by atoms with Crippen LogP contribution in [0, 0.1) is 0 Å². The molecule has 0 spiro atoms. The normalized spacial score (nSPS) is 16.5. The lowest BCUT2D eigenvalue weighted by Crippen LogP contribution is -2.52. The number of nitrogens with one attached hydrogen (secondary N) is 3. The summed E-state index contributed by atoms with van der Waals surface area (Å²) in [7, 11) is 0. The highest BCUT2D eigenvalue weighted by molar-refractivity contribution is 6.05. The van der Waals surface area contributed by atoms with Gasteiger partial charge in [0.1, 0.15) is 6.04 Å². The smallest absolute Gasteiger partial charge is 0.255 e. The van der Waals surface area contributed by atoms with Crippen LogP contribution in [0.25, 0.3) is 23.1 Å². The summed E-state index contributed by atoms with van der Waals surface area (Å²) in [5, 5.41) is 13.7. The van der Waals surface area contributed by atoms with E-state index in [1.807, 2.05) is 60.7 Å². The van der Waals surface area contributed by atoms with E-state index in [1.165, 1.54) is 0 Å². The van der Waals surface area contributed by atoms with E-state index in [2.05, 4.69) is 20.8 Å². The minimum Gasteiger partial charge on any atom is -0.380 e. The number of fused-ring (bicyclic) bond motifs is 2. The number of piperidine rings is 1. The molecule has 3 aromatic carbocycles. The van der Waals surface area contributed by atoms with Gasteiger partial charge in [-0.15, -0.1) is 0 Å². The topological polar surface area (TPSA) is 133 Å². The minimum absolute atomic E-state index is 0.160. The number of H-pyrrole nitrogens is 1. The Bertz CT molecular complexity index is 1740. The molecule has 10 heteroatoms. The van der Waals surface area contributed by atoms with Crippen molar-refractivity contribution in [3.05, 3.63) is 100 Å². The van der Waals surface area contributed by atoms with Gasteiger partial charge in [-0.3, -0.25) is 29.6 Å². The summed E-state index contributed by atoms with van der Waals surface area (Å²) >= 11 is 0. The number of hydrogen-bond donors (Lipinski definition) is 3. The number of hydrogen-bond acceptors (Lipinski definition) is 6. The summed E-state index contributed by atoms with van der Waals surface area (Å²) in [6, 6.07) is 20.4. The zero-order valence-corrected chi connectivity index (χ0v) is 24.2. The first-order valence-corrected chi connectivity index (χ1v) is 14.8.